The molecule has 6 nitrogen and oxygen atoms in total. The molecule has 122 valence electrons. The van der Waals surface area contributed by atoms with Gasteiger partial charge in [0.05, 0.1) is 6.33 Å². The number of aromatic nitrogens is 2. The molecule has 1 aromatic rings. The van der Waals surface area contributed by atoms with Gasteiger partial charge in [-0.15, -0.1) is 12.4 Å². The first-order valence-corrected chi connectivity index (χ1v) is 8.67. The Kier molecular flexibility index (Phi) is 6.22. The van der Waals surface area contributed by atoms with Gasteiger partial charge in [-0.3, -0.25) is 0 Å². The summed E-state index contributed by atoms with van der Waals surface area (Å²) in [5, 5.41) is 0.0740. The van der Waals surface area contributed by atoms with Gasteiger partial charge in [0.25, 0.3) is 10.0 Å². The minimum absolute atomic E-state index is 0. The molecule has 1 saturated carbocycles. The van der Waals surface area contributed by atoms with Crippen molar-refractivity contribution >= 4 is 22.4 Å². The smallest absolute Gasteiger partial charge is 0.260 e. The first-order chi connectivity index (χ1) is 9.43. The molecule has 1 aliphatic carbocycles. The van der Waals surface area contributed by atoms with Crippen molar-refractivity contribution in [1.82, 2.24) is 14.3 Å². The molecule has 0 radical (unpaired) electrons. The largest absolute Gasteiger partial charge is 0.336 e. The standard InChI is InChI=1S/C13H24N4O2S.ClH/c1-3-17-8-12(15-10-17)20(18,19)16-13(9-14)7-5-4-6-11(13)2;/h8,10-11,16H,3-7,9,14H2,1-2H3;1H. The zero-order valence-corrected chi connectivity index (χ0v) is 14.2. The molecule has 2 unspecified atom stereocenters. The van der Waals surface area contributed by atoms with Crippen molar-refractivity contribution in [1.29, 1.82) is 0 Å². The van der Waals surface area contributed by atoms with Gasteiger partial charge >= 0.3 is 0 Å². The van der Waals surface area contributed by atoms with Crippen LogP contribution in [0.3, 0.4) is 0 Å². The van der Waals surface area contributed by atoms with Crippen LogP contribution in [0.25, 0.3) is 0 Å². The average Bonchev–Trinajstić information content (AvgIpc) is 2.91. The van der Waals surface area contributed by atoms with Crippen molar-refractivity contribution in [2.75, 3.05) is 6.54 Å². The van der Waals surface area contributed by atoms with Crippen molar-refractivity contribution in [3.63, 3.8) is 0 Å². The van der Waals surface area contributed by atoms with E-state index in [1.165, 1.54) is 6.33 Å². The highest BCUT2D eigenvalue weighted by Crippen LogP contribution is 2.34. The van der Waals surface area contributed by atoms with E-state index in [4.69, 9.17) is 5.73 Å². The number of nitrogens with zero attached hydrogens (tertiary/aromatic N) is 2. The number of sulfonamides is 1. The number of nitrogens with two attached hydrogens (primary N) is 1. The number of halogens is 1. The van der Waals surface area contributed by atoms with Crippen LogP contribution in [0.5, 0.6) is 0 Å². The third-order valence-corrected chi connectivity index (χ3v) is 5.84. The molecule has 0 saturated heterocycles. The van der Waals surface area contributed by atoms with Gasteiger partial charge in [0.15, 0.2) is 5.03 Å². The lowest BCUT2D eigenvalue weighted by atomic mass is 9.74. The minimum Gasteiger partial charge on any atom is -0.336 e. The van der Waals surface area contributed by atoms with Gasteiger partial charge in [0.2, 0.25) is 0 Å². The van der Waals surface area contributed by atoms with Crippen LogP contribution in [-0.2, 0) is 16.6 Å². The fourth-order valence-electron chi connectivity index (χ4n) is 2.88. The molecule has 0 spiro atoms. The molecule has 1 fully saturated rings. The third-order valence-electron chi connectivity index (χ3n) is 4.41. The summed E-state index contributed by atoms with van der Waals surface area (Å²) in [6.45, 7) is 5.03. The van der Waals surface area contributed by atoms with Crippen molar-refractivity contribution in [3.05, 3.63) is 12.5 Å². The number of imidazole rings is 1. The van der Waals surface area contributed by atoms with E-state index in [0.29, 0.717) is 13.1 Å². The van der Waals surface area contributed by atoms with Crippen LogP contribution < -0.4 is 10.5 Å². The third kappa shape index (κ3) is 3.77. The SMILES string of the molecule is CCn1cnc(S(=O)(=O)NC2(CN)CCCCC2C)c1.Cl. The number of hydrogen-bond acceptors (Lipinski definition) is 4. The molecule has 1 aromatic heterocycles. The summed E-state index contributed by atoms with van der Waals surface area (Å²) in [7, 11) is -3.61. The van der Waals surface area contributed by atoms with E-state index in [1.807, 2.05) is 6.92 Å². The van der Waals surface area contributed by atoms with Crippen molar-refractivity contribution in [2.45, 2.75) is 56.6 Å². The Morgan fingerprint density at radius 1 is 1.52 bits per heavy atom. The molecule has 0 aromatic carbocycles. The quantitative estimate of drug-likeness (QED) is 0.852. The van der Waals surface area contributed by atoms with Crippen molar-refractivity contribution in [3.8, 4) is 0 Å². The van der Waals surface area contributed by atoms with E-state index >= 15 is 0 Å². The molecule has 21 heavy (non-hydrogen) atoms. The van der Waals surface area contributed by atoms with Crippen LogP contribution in [0.1, 0.15) is 39.5 Å². The number of nitrogens with one attached hydrogen (secondary N) is 1. The Hall–Kier alpha value is -0.630. The maximum absolute atomic E-state index is 12.5. The fourth-order valence-corrected chi connectivity index (χ4v) is 4.37. The Morgan fingerprint density at radius 3 is 2.76 bits per heavy atom. The highest BCUT2D eigenvalue weighted by molar-refractivity contribution is 7.89. The van der Waals surface area contributed by atoms with Crippen molar-refractivity contribution in [2.24, 2.45) is 11.7 Å². The van der Waals surface area contributed by atoms with Gasteiger partial charge < -0.3 is 10.3 Å². The summed E-state index contributed by atoms with van der Waals surface area (Å²) in [5.74, 6) is 0.240. The Morgan fingerprint density at radius 2 is 2.24 bits per heavy atom. The van der Waals surface area contributed by atoms with Crippen LogP contribution >= 0.6 is 12.4 Å². The highest BCUT2D eigenvalue weighted by Gasteiger charge is 2.41. The van der Waals surface area contributed by atoms with E-state index in [-0.39, 0.29) is 23.4 Å². The average molecular weight is 337 g/mol. The maximum atomic E-state index is 12.5. The molecule has 3 N–H and O–H groups in total. The monoisotopic (exact) mass is 336 g/mol. The predicted octanol–water partition coefficient (Wildman–Crippen LogP) is 1.51. The molecular formula is C13H25ClN4O2S. The zero-order valence-electron chi connectivity index (χ0n) is 12.6. The summed E-state index contributed by atoms with van der Waals surface area (Å²) in [5.41, 5.74) is 5.36. The fraction of sp³-hybridized carbons (Fsp3) is 0.769. The molecule has 2 rings (SSSR count). The molecule has 2 atom stereocenters. The molecule has 0 bridgehead atoms. The van der Waals surface area contributed by atoms with Crippen LogP contribution in [0.2, 0.25) is 0 Å². The second kappa shape index (κ2) is 7.09. The summed E-state index contributed by atoms with van der Waals surface area (Å²) < 4.78 is 29.6. The van der Waals surface area contributed by atoms with E-state index in [0.717, 1.165) is 25.7 Å². The molecule has 1 aliphatic rings. The van der Waals surface area contributed by atoms with E-state index in [2.05, 4.69) is 16.6 Å². The highest BCUT2D eigenvalue weighted by atomic mass is 35.5. The maximum Gasteiger partial charge on any atom is 0.260 e. The van der Waals surface area contributed by atoms with Crippen LogP contribution in [0.15, 0.2) is 17.6 Å². The van der Waals surface area contributed by atoms with E-state index < -0.39 is 15.6 Å². The lowest BCUT2D eigenvalue weighted by molar-refractivity contribution is 0.191. The van der Waals surface area contributed by atoms with Gasteiger partial charge in [-0.2, -0.15) is 0 Å². The molecule has 1 heterocycles. The van der Waals surface area contributed by atoms with Crippen molar-refractivity contribution < 1.29 is 8.42 Å². The lowest BCUT2D eigenvalue weighted by Crippen LogP contribution is -2.59. The van der Waals surface area contributed by atoms with Crippen LogP contribution in [-0.4, -0.2) is 30.1 Å². The predicted molar refractivity (Wildman–Crippen MR) is 84.9 cm³/mol. The van der Waals surface area contributed by atoms with Crippen LogP contribution in [0, 0.1) is 5.92 Å². The second-order valence-corrected chi connectivity index (χ2v) is 7.28. The zero-order chi connectivity index (χ0) is 14.8. The van der Waals surface area contributed by atoms with E-state index in [9.17, 15) is 8.42 Å². The Balaban J connectivity index is 0.00000220. The first-order valence-electron chi connectivity index (χ1n) is 7.19. The Labute approximate surface area is 133 Å². The number of hydrogen-bond donors (Lipinski definition) is 2. The normalized spacial score (nSPS) is 26.3. The summed E-state index contributed by atoms with van der Waals surface area (Å²) in [4.78, 5) is 3.99. The van der Waals surface area contributed by atoms with Gasteiger partial charge in [-0.05, 0) is 25.7 Å². The molecule has 0 aliphatic heterocycles. The lowest BCUT2D eigenvalue weighted by Gasteiger charge is -2.42. The second-order valence-electron chi connectivity index (χ2n) is 5.65. The summed E-state index contributed by atoms with van der Waals surface area (Å²) in [6.07, 6.45) is 7.03. The van der Waals surface area contributed by atoms with Crippen LogP contribution in [0.4, 0.5) is 0 Å². The first kappa shape index (κ1) is 18.4. The molecule has 8 heteroatoms. The minimum atomic E-state index is -3.61. The van der Waals surface area contributed by atoms with Gasteiger partial charge in [0.1, 0.15) is 0 Å². The number of rotatable bonds is 5. The molecule has 0 amide bonds. The topological polar surface area (TPSA) is 90.0 Å². The van der Waals surface area contributed by atoms with Gasteiger partial charge in [-0.1, -0.05) is 19.8 Å². The summed E-state index contributed by atoms with van der Waals surface area (Å²) >= 11 is 0. The number of aryl methyl sites for hydroxylation is 1. The van der Waals surface area contributed by atoms with Gasteiger partial charge in [0, 0.05) is 24.8 Å². The Bertz CT molecular complexity index is 560. The van der Waals surface area contributed by atoms with E-state index in [1.54, 1.807) is 10.8 Å². The summed E-state index contributed by atoms with van der Waals surface area (Å²) in [6, 6.07) is 0. The molecular weight excluding hydrogens is 312 g/mol. The van der Waals surface area contributed by atoms with Gasteiger partial charge in [-0.25, -0.2) is 18.1 Å².